The van der Waals surface area contributed by atoms with Gasteiger partial charge in [0, 0.05) is 13.0 Å². The summed E-state index contributed by atoms with van der Waals surface area (Å²) in [7, 11) is 3.41. The molecule has 2 aromatic carbocycles. The fourth-order valence-electron chi connectivity index (χ4n) is 2.61. The molecule has 2 aromatic rings. The number of ether oxygens (including phenoxy) is 1. The number of hydrogen-bond acceptors (Lipinski definition) is 3. The summed E-state index contributed by atoms with van der Waals surface area (Å²) in [6.45, 7) is 2.63. The molecule has 0 saturated heterocycles. The molecule has 116 valence electrons. The van der Waals surface area contributed by atoms with Gasteiger partial charge >= 0.3 is 5.97 Å². The number of esters is 1. The maximum absolute atomic E-state index is 12.4. The molecule has 0 fully saturated rings. The minimum absolute atomic E-state index is 0.213. The molecule has 0 heterocycles. The van der Waals surface area contributed by atoms with E-state index in [9.17, 15) is 4.79 Å². The third-order valence-electron chi connectivity index (χ3n) is 4.12. The van der Waals surface area contributed by atoms with E-state index in [-0.39, 0.29) is 5.97 Å². The maximum Gasteiger partial charge on any atom is 0.326 e. The van der Waals surface area contributed by atoms with Crippen LogP contribution < -0.4 is 0 Å². The smallest absolute Gasteiger partial charge is 0.326 e. The van der Waals surface area contributed by atoms with Crippen LogP contribution in [0, 0.1) is 0 Å². The largest absolute Gasteiger partial charge is 0.468 e. The highest BCUT2D eigenvalue weighted by molar-refractivity contribution is 5.80. The minimum atomic E-state index is -0.702. The number of likely N-dealkylation sites (N-methyl/N-ethyl adjacent to an activating group) is 1. The number of carbonyl (C=O) groups is 1. The van der Waals surface area contributed by atoms with Crippen molar-refractivity contribution in [1.29, 1.82) is 0 Å². The van der Waals surface area contributed by atoms with Crippen molar-refractivity contribution in [2.75, 3.05) is 14.2 Å². The van der Waals surface area contributed by atoms with E-state index in [0.717, 1.165) is 5.56 Å². The van der Waals surface area contributed by atoms with Crippen molar-refractivity contribution in [3.05, 3.63) is 71.8 Å². The lowest BCUT2D eigenvalue weighted by atomic mass is 9.90. The van der Waals surface area contributed by atoms with Crippen LogP contribution in [-0.2, 0) is 22.5 Å². The van der Waals surface area contributed by atoms with Crippen LogP contribution in [0.5, 0.6) is 0 Å². The Morgan fingerprint density at radius 1 is 1.00 bits per heavy atom. The Bertz CT molecular complexity index is 597. The summed E-state index contributed by atoms with van der Waals surface area (Å²) >= 11 is 0. The Labute approximate surface area is 132 Å². The van der Waals surface area contributed by atoms with Crippen LogP contribution in [0.1, 0.15) is 18.1 Å². The molecule has 0 radical (unpaired) electrons. The molecule has 3 heteroatoms. The lowest BCUT2D eigenvalue weighted by Crippen LogP contribution is -2.52. The Morgan fingerprint density at radius 2 is 1.50 bits per heavy atom. The molecule has 0 aliphatic carbocycles. The lowest BCUT2D eigenvalue weighted by Gasteiger charge is -2.36. The van der Waals surface area contributed by atoms with Crippen molar-refractivity contribution in [3.63, 3.8) is 0 Å². The molecule has 0 aliphatic heterocycles. The molecule has 0 N–H and O–H groups in total. The minimum Gasteiger partial charge on any atom is -0.468 e. The highest BCUT2D eigenvalue weighted by atomic mass is 16.5. The molecule has 22 heavy (non-hydrogen) atoms. The zero-order valence-electron chi connectivity index (χ0n) is 13.5. The van der Waals surface area contributed by atoms with Crippen molar-refractivity contribution < 1.29 is 9.53 Å². The summed E-state index contributed by atoms with van der Waals surface area (Å²) in [4.78, 5) is 14.5. The second-order valence-electron chi connectivity index (χ2n) is 5.77. The summed E-state index contributed by atoms with van der Waals surface area (Å²) in [6.07, 6.45) is 0.615. The first-order valence-corrected chi connectivity index (χ1v) is 7.44. The molecule has 1 atom stereocenters. The molecule has 0 bridgehead atoms. The summed E-state index contributed by atoms with van der Waals surface area (Å²) in [5.41, 5.74) is 1.59. The van der Waals surface area contributed by atoms with E-state index in [2.05, 4.69) is 17.0 Å². The van der Waals surface area contributed by atoms with Gasteiger partial charge < -0.3 is 4.74 Å². The Morgan fingerprint density at radius 3 is 2.00 bits per heavy atom. The normalized spacial score (nSPS) is 13.6. The molecule has 1 unspecified atom stereocenters. The third-order valence-corrected chi connectivity index (χ3v) is 4.12. The van der Waals surface area contributed by atoms with Gasteiger partial charge in [0.1, 0.15) is 5.54 Å². The lowest BCUT2D eigenvalue weighted by molar-refractivity contribution is -0.153. The van der Waals surface area contributed by atoms with Gasteiger partial charge in [-0.15, -0.1) is 0 Å². The van der Waals surface area contributed by atoms with Crippen molar-refractivity contribution in [2.24, 2.45) is 0 Å². The second kappa shape index (κ2) is 7.23. The van der Waals surface area contributed by atoms with Gasteiger partial charge in [0.05, 0.1) is 7.11 Å². The average molecular weight is 297 g/mol. The number of methoxy groups -OCH3 is 1. The molecule has 0 aliphatic rings. The topological polar surface area (TPSA) is 29.5 Å². The first-order valence-electron chi connectivity index (χ1n) is 7.44. The van der Waals surface area contributed by atoms with Gasteiger partial charge in [0.2, 0.25) is 0 Å². The maximum atomic E-state index is 12.4. The summed E-state index contributed by atoms with van der Waals surface area (Å²) in [6, 6.07) is 20.2. The first kappa shape index (κ1) is 16.2. The predicted molar refractivity (Wildman–Crippen MR) is 88.5 cm³/mol. The summed E-state index contributed by atoms with van der Waals surface area (Å²) in [5, 5.41) is 0. The van der Waals surface area contributed by atoms with Crippen LogP contribution in [0.15, 0.2) is 60.7 Å². The standard InChI is InChI=1S/C19H23NO2/c1-19(18(21)22-3,14-16-10-6-4-7-11-16)20(2)15-17-12-8-5-9-13-17/h4-13H,14-15H2,1-3H3. The Hall–Kier alpha value is -2.13. The van der Waals surface area contributed by atoms with E-state index in [1.807, 2.05) is 62.5 Å². The quantitative estimate of drug-likeness (QED) is 0.766. The SMILES string of the molecule is COC(=O)C(C)(Cc1ccccc1)N(C)Cc1ccccc1. The number of hydrogen-bond donors (Lipinski definition) is 0. The number of carbonyl (C=O) groups excluding carboxylic acids is 1. The Kier molecular flexibility index (Phi) is 5.34. The number of benzene rings is 2. The van der Waals surface area contributed by atoms with Crippen molar-refractivity contribution in [2.45, 2.75) is 25.4 Å². The number of rotatable bonds is 6. The van der Waals surface area contributed by atoms with Gasteiger partial charge in [-0.25, -0.2) is 0 Å². The van der Waals surface area contributed by atoms with Crippen LogP contribution in [-0.4, -0.2) is 30.6 Å². The van der Waals surface area contributed by atoms with E-state index in [1.54, 1.807) is 0 Å². The summed E-state index contributed by atoms with van der Waals surface area (Å²) < 4.78 is 5.07. The van der Waals surface area contributed by atoms with Crippen LogP contribution in [0.3, 0.4) is 0 Å². The van der Waals surface area contributed by atoms with Gasteiger partial charge in [-0.1, -0.05) is 60.7 Å². The van der Waals surface area contributed by atoms with E-state index in [1.165, 1.54) is 12.7 Å². The Balaban J connectivity index is 2.22. The average Bonchev–Trinajstić information content (AvgIpc) is 2.55. The van der Waals surface area contributed by atoms with Gasteiger partial charge in [-0.2, -0.15) is 0 Å². The van der Waals surface area contributed by atoms with E-state index < -0.39 is 5.54 Å². The van der Waals surface area contributed by atoms with E-state index in [4.69, 9.17) is 4.74 Å². The van der Waals surface area contributed by atoms with Gasteiger partial charge in [-0.05, 0) is 25.1 Å². The zero-order chi connectivity index (χ0) is 16.0. The monoisotopic (exact) mass is 297 g/mol. The first-order chi connectivity index (χ1) is 10.6. The van der Waals surface area contributed by atoms with Crippen LogP contribution in [0.4, 0.5) is 0 Å². The van der Waals surface area contributed by atoms with Crippen molar-refractivity contribution in [3.8, 4) is 0 Å². The molecule has 0 aromatic heterocycles. The summed E-state index contributed by atoms with van der Waals surface area (Å²) in [5.74, 6) is -0.213. The fourth-order valence-corrected chi connectivity index (χ4v) is 2.61. The number of nitrogens with zero attached hydrogens (tertiary/aromatic N) is 1. The molecule has 2 rings (SSSR count). The molecule has 3 nitrogen and oxygen atoms in total. The van der Waals surface area contributed by atoms with Gasteiger partial charge in [-0.3, -0.25) is 9.69 Å². The van der Waals surface area contributed by atoms with E-state index >= 15 is 0 Å². The van der Waals surface area contributed by atoms with E-state index in [0.29, 0.717) is 13.0 Å². The molecule has 0 spiro atoms. The van der Waals surface area contributed by atoms with Gasteiger partial charge in [0.25, 0.3) is 0 Å². The fraction of sp³-hybridized carbons (Fsp3) is 0.316. The van der Waals surface area contributed by atoms with Crippen molar-refractivity contribution in [1.82, 2.24) is 4.90 Å². The second-order valence-corrected chi connectivity index (χ2v) is 5.77. The highest BCUT2D eigenvalue weighted by Gasteiger charge is 2.38. The molecular formula is C19H23NO2. The predicted octanol–water partition coefficient (Wildman–Crippen LogP) is 3.29. The molecule has 0 amide bonds. The van der Waals surface area contributed by atoms with Crippen LogP contribution in [0.2, 0.25) is 0 Å². The van der Waals surface area contributed by atoms with Gasteiger partial charge in [0.15, 0.2) is 0 Å². The highest BCUT2D eigenvalue weighted by Crippen LogP contribution is 2.23. The van der Waals surface area contributed by atoms with Crippen LogP contribution >= 0.6 is 0 Å². The third kappa shape index (κ3) is 3.74. The zero-order valence-corrected chi connectivity index (χ0v) is 13.5. The molecule has 0 saturated carbocycles. The van der Waals surface area contributed by atoms with Crippen molar-refractivity contribution >= 4 is 5.97 Å². The van der Waals surface area contributed by atoms with Crippen LogP contribution in [0.25, 0.3) is 0 Å². The molecular weight excluding hydrogens is 274 g/mol.